The van der Waals surface area contributed by atoms with E-state index in [-0.39, 0.29) is 0 Å². The van der Waals surface area contributed by atoms with Crippen LogP contribution in [-0.4, -0.2) is 11.5 Å². The number of fused-ring (bicyclic) bond motifs is 2. The lowest BCUT2D eigenvalue weighted by atomic mass is 9.94. The maximum atomic E-state index is 5.00. The van der Waals surface area contributed by atoms with Gasteiger partial charge in [0, 0.05) is 23.3 Å². The Labute approximate surface area is 150 Å². The third kappa shape index (κ3) is 3.68. The van der Waals surface area contributed by atoms with Crippen LogP contribution in [0.2, 0.25) is 0 Å². The summed E-state index contributed by atoms with van der Waals surface area (Å²) in [5.41, 5.74) is 6.63. The molecule has 2 heteroatoms. The van der Waals surface area contributed by atoms with Crippen molar-refractivity contribution in [2.45, 2.75) is 44.9 Å². The van der Waals surface area contributed by atoms with E-state index in [9.17, 15) is 0 Å². The zero-order valence-corrected chi connectivity index (χ0v) is 14.8. The van der Waals surface area contributed by atoms with Crippen molar-refractivity contribution >= 4 is 16.6 Å². The number of nitrogens with zero attached hydrogens (tertiary/aromatic N) is 1. The molecule has 1 aliphatic rings. The van der Waals surface area contributed by atoms with Crippen LogP contribution in [0.4, 0.5) is 5.69 Å². The summed E-state index contributed by atoms with van der Waals surface area (Å²) in [6.45, 7) is 0.963. The molecule has 2 aromatic carbocycles. The van der Waals surface area contributed by atoms with E-state index in [1.54, 1.807) is 0 Å². The molecule has 0 spiro atoms. The molecular formula is C23H26N2. The Morgan fingerprint density at radius 1 is 0.800 bits per heavy atom. The van der Waals surface area contributed by atoms with E-state index < -0.39 is 0 Å². The summed E-state index contributed by atoms with van der Waals surface area (Å²) in [6, 6.07) is 19.3. The van der Waals surface area contributed by atoms with E-state index in [4.69, 9.17) is 4.98 Å². The molecule has 0 saturated carbocycles. The Morgan fingerprint density at radius 2 is 1.56 bits per heavy atom. The summed E-state index contributed by atoms with van der Waals surface area (Å²) < 4.78 is 0. The van der Waals surface area contributed by atoms with Gasteiger partial charge in [-0.3, -0.25) is 4.98 Å². The molecule has 0 amide bonds. The number of hydrogen-bond donors (Lipinski definition) is 1. The zero-order chi connectivity index (χ0) is 16.9. The molecule has 1 aromatic heterocycles. The Bertz CT molecular complexity index is 839. The molecule has 2 nitrogen and oxygen atoms in total. The third-order valence-electron chi connectivity index (χ3n) is 5.23. The fourth-order valence-electron chi connectivity index (χ4n) is 3.90. The molecule has 0 radical (unpaired) electrons. The topological polar surface area (TPSA) is 24.9 Å². The first-order valence-electron chi connectivity index (χ1n) is 9.60. The molecular weight excluding hydrogens is 304 g/mol. The summed E-state index contributed by atoms with van der Waals surface area (Å²) in [6.07, 6.45) is 8.54. The molecule has 4 rings (SSSR count). The lowest BCUT2D eigenvalue weighted by Crippen LogP contribution is -2.12. The summed E-state index contributed by atoms with van der Waals surface area (Å²) in [4.78, 5) is 5.00. The van der Waals surface area contributed by atoms with Crippen LogP contribution < -0.4 is 5.32 Å². The Hall–Kier alpha value is -2.35. The Morgan fingerprint density at radius 3 is 2.44 bits per heavy atom. The number of para-hydroxylation sites is 1. The van der Waals surface area contributed by atoms with Crippen molar-refractivity contribution in [3.05, 3.63) is 71.4 Å². The number of benzene rings is 2. The molecule has 0 atom stereocenters. The first-order chi connectivity index (χ1) is 12.4. The first kappa shape index (κ1) is 16.1. The van der Waals surface area contributed by atoms with Crippen molar-refractivity contribution in [3.8, 4) is 0 Å². The van der Waals surface area contributed by atoms with E-state index in [0.717, 1.165) is 31.3 Å². The van der Waals surface area contributed by atoms with E-state index in [2.05, 4.69) is 59.9 Å². The highest BCUT2D eigenvalue weighted by Gasteiger charge is 2.16. The largest absolute Gasteiger partial charge is 0.384 e. The molecule has 0 bridgehead atoms. The van der Waals surface area contributed by atoms with Crippen molar-refractivity contribution in [2.24, 2.45) is 0 Å². The molecule has 25 heavy (non-hydrogen) atoms. The van der Waals surface area contributed by atoms with Crippen molar-refractivity contribution in [2.75, 3.05) is 11.9 Å². The SMILES string of the molecule is c1ccc(CCNc2c3c(nc4ccccc24)CCCCCC3)cc1. The van der Waals surface area contributed by atoms with E-state index in [0.29, 0.717) is 0 Å². The van der Waals surface area contributed by atoms with Crippen LogP contribution in [0.15, 0.2) is 54.6 Å². The minimum Gasteiger partial charge on any atom is -0.384 e. The summed E-state index contributed by atoms with van der Waals surface area (Å²) in [5.74, 6) is 0. The molecule has 3 aromatic rings. The molecule has 128 valence electrons. The van der Waals surface area contributed by atoms with Crippen LogP contribution in [0.5, 0.6) is 0 Å². The molecule has 0 fully saturated rings. The normalized spacial score (nSPS) is 14.6. The maximum Gasteiger partial charge on any atom is 0.0726 e. The van der Waals surface area contributed by atoms with Gasteiger partial charge in [-0.05, 0) is 49.3 Å². The average Bonchev–Trinajstić information content (AvgIpc) is 2.63. The monoisotopic (exact) mass is 330 g/mol. The lowest BCUT2D eigenvalue weighted by Gasteiger charge is -2.20. The highest BCUT2D eigenvalue weighted by molar-refractivity contribution is 5.93. The molecule has 1 N–H and O–H groups in total. The predicted molar refractivity (Wildman–Crippen MR) is 106 cm³/mol. The number of aryl methyl sites for hydroxylation is 1. The van der Waals surface area contributed by atoms with Gasteiger partial charge in [-0.2, -0.15) is 0 Å². The number of aromatic nitrogens is 1. The minimum absolute atomic E-state index is 0.963. The van der Waals surface area contributed by atoms with Crippen molar-refractivity contribution in [1.29, 1.82) is 0 Å². The van der Waals surface area contributed by atoms with Gasteiger partial charge in [-0.1, -0.05) is 61.4 Å². The summed E-state index contributed by atoms with van der Waals surface area (Å²) >= 11 is 0. The van der Waals surface area contributed by atoms with Crippen LogP contribution in [0.25, 0.3) is 10.9 Å². The van der Waals surface area contributed by atoms with Gasteiger partial charge < -0.3 is 5.32 Å². The van der Waals surface area contributed by atoms with Gasteiger partial charge in [-0.15, -0.1) is 0 Å². The van der Waals surface area contributed by atoms with Crippen LogP contribution in [-0.2, 0) is 19.3 Å². The average molecular weight is 330 g/mol. The minimum atomic E-state index is 0.963. The van der Waals surface area contributed by atoms with Gasteiger partial charge in [0.2, 0.25) is 0 Å². The number of hydrogen-bond acceptors (Lipinski definition) is 2. The second kappa shape index (κ2) is 7.69. The number of nitrogens with one attached hydrogen (secondary N) is 1. The van der Waals surface area contributed by atoms with Crippen LogP contribution in [0, 0.1) is 0 Å². The number of pyridine rings is 1. The van der Waals surface area contributed by atoms with E-state index in [1.165, 1.54) is 53.6 Å². The fourth-order valence-corrected chi connectivity index (χ4v) is 3.90. The van der Waals surface area contributed by atoms with E-state index >= 15 is 0 Å². The number of anilines is 1. The van der Waals surface area contributed by atoms with Gasteiger partial charge in [0.25, 0.3) is 0 Å². The zero-order valence-electron chi connectivity index (χ0n) is 14.8. The van der Waals surface area contributed by atoms with Gasteiger partial charge in [0.05, 0.1) is 5.52 Å². The third-order valence-corrected chi connectivity index (χ3v) is 5.23. The standard InChI is InChI=1S/C23H26N2/c1-2-7-14-21-19(12-6-1)23(20-13-8-9-15-22(20)25-21)24-17-16-18-10-4-3-5-11-18/h3-5,8-11,13,15H,1-2,6-7,12,14,16-17H2,(H,24,25). The second-order valence-electron chi connectivity index (χ2n) is 7.01. The highest BCUT2D eigenvalue weighted by atomic mass is 14.9. The Balaban J connectivity index is 1.66. The quantitative estimate of drug-likeness (QED) is 0.678. The lowest BCUT2D eigenvalue weighted by molar-refractivity contribution is 0.611. The molecule has 1 heterocycles. The van der Waals surface area contributed by atoms with Gasteiger partial charge in [0.15, 0.2) is 0 Å². The van der Waals surface area contributed by atoms with Crippen LogP contribution in [0.1, 0.15) is 42.5 Å². The van der Waals surface area contributed by atoms with Gasteiger partial charge in [-0.25, -0.2) is 0 Å². The molecule has 0 unspecified atom stereocenters. The molecule has 0 saturated heterocycles. The van der Waals surface area contributed by atoms with Gasteiger partial charge >= 0.3 is 0 Å². The van der Waals surface area contributed by atoms with Crippen molar-refractivity contribution < 1.29 is 0 Å². The maximum absolute atomic E-state index is 5.00. The van der Waals surface area contributed by atoms with Gasteiger partial charge in [0.1, 0.15) is 0 Å². The highest BCUT2D eigenvalue weighted by Crippen LogP contribution is 2.32. The predicted octanol–water partition coefficient (Wildman–Crippen LogP) is 5.55. The second-order valence-corrected chi connectivity index (χ2v) is 7.01. The van der Waals surface area contributed by atoms with Crippen LogP contribution in [0.3, 0.4) is 0 Å². The van der Waals surface area contributed by atoms with Crippen molar-refractivity contribution in [3.63, 3.8) is 0 Å². The van der Waals surface area contributed by atoms with E-state index in [1.807, 2.05) is 0 Å². The van der Waals surface area contributed by atoms with Crippen LogP contribution >= 0.6 is 0 Å². The smallest absolute Gasteiger partial charge is 0.0726 e. The summed E-state index contributed by atoms with van der Waals surface area (Å²) in [5, 5.41) is 5.05. The fraction of sp³-hybridized carbons (Fsp3) is 0.348. The van der Waals surface area contributed by atoms with Crippen molar-refractivity contribution in [1.82, 2.24) is 4.98 Å². The molecule has 1 aliphatic carbocycles. The Kier molecular flexibility index (Phi) is 4.96. The first-order valence-corrected chi connectivity index (χ1v) is 9.60. The number of rotatable bonds is 4. The summed E-state index contributed by atoms with van der Waals surface area (Å²) in [7, 11) is 0. The molecule has 0 aliphatic heterocycles.